The number of hydrogen-bond donors (Lipinski definition) is 1. The lowest BCUT2D eigenvalue weighted by Gasteiger charge is -2.56. The van der Waals surface area contributed by atoms with Crippen molar-refractivity contribution in [2.45, 2.75) is 101 Å². The molecule has 21 heavy (non-hydrogen) atoms. The minimum absolute atomic E-state index is 0.461. The normalized spacial score (nSPS) is 38.7. The summed E-state index contributed by atoms with van der Waals surface area (Å²) in [6.45, 7) is 5.20. The maximum atomic E-state index is 4.05. The van der Waals surface area contributed by atoms with Crippen LogP contribution in [0.4, 0.5) is 0 Å². The Balaban J connectivity index is 1.57. The van der Waals surface area contributed by atoms with Gasteiger partial charge in [0.1, 0.15) is 0 Å². The molecule has 0 aromatic heterocycles. The summed E-state index contributed by atoms with van der Waals surface area (Å²) >= 11 is 0. The van der Waals surface area contributed by atoms with Gasteiger partial charge >= 0.3 is 0 Å². The van der Waals surface area contributed by atoms with E-state index < -0.39 is 0 Å². The maximum absolute atomic E-state index is 4.05. The molecule has 0 aromatic carbocycles. The highest BCUT2D eigenvalue weighted by Gasteiger charge is 2.53. The molecule has 4 rings (SSSR count). The summed E-state index contributed by atoms with van der Waals surface area (Å²) in [6.07, 6.45) is 17.6. The predicted octanol–water partition coefficient (Wildman–Crippen LogP) is 4.10. The molecule has 2 heteroatoms. The van der Waals surface area contributed by atoms with Crippen LogP contribution < -0.4 is 5.32 Å². The summed E-state index contributed by atoms with van der Waals surface area (Å²) in [5, 5.41) is 4.05. The molecule has 3 aliphatic carbocycles. The molecule has 4 aliphatic rings. The minimum atomic E-state index is 0.461. The van der Waals surface area contributed by atoms with Crippen molar-refractivity contribution in [2.75, 3.05) is 13.1 Å². The van der Waals surface area contributed by atoms with Crippen LogP contribution in [-0.4, -0.2) is 35.1 Å². The molecule has 0 amide bonds. The third-order valence-corrected chi connectivity index (χ3v) is 7.23. The number of nitrogens with zero attached hydrogens (tertiary/aromatic N) is 1. The smallest absolute Gasteiger partial charge is 0.0337 e. The Morgan fingerprint density at radius 1 is 0.857 bits per heavy atom. The Morgan fingerprint density at radius 2 is 1.52 bits per heavy atom. The summed E-state index contributed by atoms with van der Waals surface area (Å²) < 4.78 is 0. The molecule has 0 radical (unpaired) electrons. The van der Waals surface area contributed by atoms with E-state index in [4.69, 9.17) is 0 Å². The van der Waals surface area contributed by atoms with Crippen LogP contribution in [0.25, 0.3) is 0 Å². The van der Waals surface area contributed by atoms with Crippen LogP contribution in [0.1, 0.15) is 84.0 Å². The van der Waals surface area contributed by atoms with Crippen molar-refractivity contribution in [1.29, 1.82) is 0 Å². The van der Waals surface area contributed by atoms with Gasteiger partial charge in [0, 0.05) is 30.2 Å². The van der Waals surface area contributed by atoms with E-state index in [1.54, 1.807) is 0 Å². The van der Waals surface area contributed by atoms with Crippen molar-refractivity contribution in [3.63, 3.8) is 0 Å². The zero-order valence-electron chi connectivity index (χ0n) is 14.0. The third kappa shape index (κ3) is 2.67. The lowest BCUT2D eigenvalue weighted by atomic mass is 9.81. The Bertz CT molecular complexity index is 362. The van der Waals surface area contributed by atoms with Gasteiger partial charge in [-0.15, -0.1) is 0 Å². The first-order chi connectivity index (χ1) is 10.2. The van der Waals surface area contributed by atoms with Gasteiger partial charge in [-0.2, -0.15) is 0 Å². The molecule has 1 N–H and O–H groups in total. The largest absolute Gasteiger partial charge is 0.308 e. The summed E-state index contributed by atoms with van der Waals surface area (Å²) in [6, 6.07) is 0.887. The van der Waals surface area contributed by atoms with Crippen molar-refractivity contribution < 1.29 is 0 Å². The average molecular weight is 290 g/mol. The fourth-order valence-corrected chi connectivity index (χ4v) is 5.62. The zero-order valence-corrected chi connectivity index (χ0v) is 14.0. The Kier molecular flexibility index (Phi) is 3.82. The van der Waals surface area contributed by atoms with Gasteiger partial charge in [0.25, 0.3) is 0 Å². The van der Waals surface area contributed by atoms with Gasteiger partial charge in [0.05, 0.1) is 0 Å². The molecular weight excluding hydrogens is 256 g/mol. The van der Waals surface area contributed by atoms with E-state index in [1.807, 2.05) is 0 Å². The molecular formula is C19H34N2. The maximum Gasteiger partial charge on any atom is 0.0337 e. The van der Waals surface area contributed by atoms with Crippen molar-refractivity contribution >= 4 is 0 Å². The van der Waals surface area contributed by atoms with E-state index in [9.17, 15) is 0 Å². The van der Waals surface area contributed by atoms with Crippen LogP contribution in [0.15, 0.2) is 0 Å². The van der Waals surface area contributed by atoms with Gasteiger partial charge < -0.3 is 5.32 Å². The molecule has 1 aliphatic heterocycles. The van der Waals surface area contributed by atoms with Crippen molar-refractivity contribution in [2.24, 2.45) is 5.92 Å². The molecule has 1 heterocycles. The van der Waals surface area contributed by atoms with Gasteiger partial charge in [0.15, 0.2) is 0 Å². The predicted molar refractivity (Wildman–Crippen MR) is 88.5 cm³/mol. The summed E-state index contributed by atoms with van der Waals surface area (Å²) in [5.74, 6) is 0.979. The number of nitrogens with one attached hydrogen (secondary N) is 1. The van der Waals surface area contributed by atoms with Gasteiger partial charge in [-0.3, -0.25) is 4.90 Å². The van der Waals surface area contributed by atoms with Crippen LogP contribution in [0.3, 0.4) is 0 Å². The molecule has 3 saturated carbocycles. The summed E-state index contributed by atoms with van der Waals surface area (Å²) in [5.41, 5.74) is 0.948. The molecule has 0 aromatic rings. The second kappa shape index (κ2) is 5.53. The Morgan fingerprint density at radius 3 is 2.14 bits per heavy atom. The second-order valence-electron chi connectivity index (χ2n) is 8.75. The Labute approximate surface area is 131 Å². The SMILES string of the molecule is CC1(C2CC2)CNC2(CCCC2)CN1C1CCCCCC1. The molecule has 1 saturated heterocycles. The third-order valence-electron chi connectivity index (χ3n) is 7.23. The fraction of sp³-hybridized carbons (Fsp3) is 1.00. The van der Waals surface area contributed by atoms with Gasteiger partial charge in [-0.05, 0) is 51.4 Å². The lowest BCUT2D eigenvalue weighted by molar-refractivity contribution is -0.0334. The molecule has 0 bridgehead atoms. The molecule has 120 valence electrons. The van der Waals surface area contributed by atoms with Crippen LogP contribution in [0.5, 0.6) is 0 Å². The van der Waals surface area contributed by atoms with E-state index in [0.29, 0.717) is 11.1 Å². The molecule has 1 atom stereocenters. The molecule has 1 unspecified atom stereocenters. The highest BCUT2D eigenvalue weighted by atomic mass is 15.3. The summed E-state index contributed by atoms with van der Waals surface area (Å²) in [4.78, 5) is 3.04. The highest BCUT2D eigenvalue weighted by molar-refractivity contribution is 5.11. The number of rotatable bonds is 2. The van der Waals surface area contributed by atoms with E-state index in [0.717, 1.165) is 12.0 Å². The van der Waals surface area contributed by atoms with Crippen molar-refractivity contribution in [3.8, 4) is 0 Å². The van der Waals surface area contributed by atoms with Crippen LogP contribution in [0.2, 0.25) is 0 Å². The quantitative estimate of drug-likeness (QED) is 0.770. The first-order valence-electron chi connectivity index (χ1n) is 9.74. The topological polar surface area (TPSA) is 15.3 Å². The standard InChI is InChI=1S/C19H34N2/c1-18(16-10-11-16)14-20-19(12-6-7-13-19)15-21(18)17-8-4-2-3-5-9-17/h16-17,20H,2-15H2,1H3. The lowest BCUT2D eigenvalue weighted by Crippen LogP contribution is -2.71. The van der Waals surface area contributed by atoms with E-state index in [-0.39, 0.29) is 0 Å². The van der Waals surface area contributed by atoms with E-state index in [1.165, 1.54) is 90.1 Å². The van der Waals surface area contributed by atoms with Gasteiger partial charge in [-0.25, -0.2) is 0 Å². The summed E-state index contributed by atoms with van der Waals surface area (Å²) in [7, 11) is 0. The number of hydrogen-bond acceptors (Lipinski definition) is 2. The molecule has 4 fully saturated rings. The first-order valence-corrected chi connectivity index (χ1v) is 9.74. The van der Waals surface area contributed by atoms with Gasteiger partial charge in [-0.1, -0.05) is 38.5 Å². The van der Waals surface area contributed by atoms with Crippen LogP contribution in [0, 0.1) is 5.92 Å². The van der Waals surface area contributed by atoms with Gasteiger partial charge in [0.2, 0.25) is 0 Å². The second-order valence-corrected chi connectivity index (χ2v) is 8.75. The Hall–Kier alpha value is -0.0800. The average Bonchev–Trinajstić information content (AvgIpc) is 3.29. The van der Waals surface area contributed by atoms with Crippen molar-refractivity contribution in [1.82, 2.24) is 10.2 Å². The zero-order chi connectivity index (χ0) is 14.3. The highest BCUT2D eigenvalue weighted by Crippen LogP contribution is 2.48. The fourth-order valence-electron chi connectivity index (χ4n) is 5.62. The van der Waals surface area contributed by atoms with Crippen LogP contribution >= 0.6 is 0 Å². The van der Waals surface area contributed by atoms with Crippen molar-refractivity contribution in [3.05, 3.63) is 0 Å². The minimum Gasteiger partial charge on any atom is -0.308 e. The first kappa shape index (κ1) is 14.5. The van der Waals surface area contributed by atoms with Crippen LogP contribution in [-0.2, 0) is 0 Å². The monoisotopic (exact) mass is 290 g/mol. The van der Waals surface area contributed by atoms with E-state index in [2.05, 4.69) is 17.1 Å². The van der Waals surface area contributed by atoms with E-state index >= 15 is 0 Å². The number of piperazine rings is 1. The molecule has 1 spiro atoms. The molecule has 2 nitrogen and oxygen atoms in total.